The lowest BCUT2D eigenvalue weighted by molar-refractivity contribution is -0.174. The van der Waals surface area contributed by atoms with E-state index in [0.29, 0.717) is 11.3 Å². The molecule has 1 aromatic rings. The van der Waals surface area contributed by atoms with Crippen molar-refractivity contribution in [2.45, 2.75) is 25.6 Å². The second-order valence-electron chi connectivity index (χ2n) is 4.65. The van der Waals surface area contributed by atoms with Crippen LogP contribution in [-0.2, 0) is 21.2 Å². The third-order valence-electron chi connectivity index (χ3n) is 2.43. The van der Waals surface area contributed by atoms with E-state index >= 15 is 0 Å². The molecule has 0 fully saturated rings. The fourth-order valence-corrected chi connectivity index (χ4v) is 2.20. The minimum atomic E-state index is -4.91. The molecule has 5 nitrogen and oxygen atoms in total. The number of hydrogen-bond acceptors (Lipinski definition) is 3. The number of hydrogen-bond donors (Lipinski definition) is 2. The molecule has 2 N–H and O–H groups in total. The van der Waals surface area contributed by atoms with Gasteiger partial charge in [-0.05, 0) is 31.0 Å². The van der Waals surface area contributed by atoms with E-state index < -0.39 is 28.1 Å². The van der Waals surface area contributed by atoms with Crippen LogP contribution in [0.25, 0.3) is 0 Å². The average Bonchev–Trinajstić information content (AvgIpc) is 2.28. The van der Waals surface area contributed by atoms with E-state index in [-0.39, 0.29) is 6.42 Å². The summed E-state index contributed by atoms with van der Waals surface area (Å²) < 4.78 is 60.5. The highest BCUT2D eigenvalue weighted by atomic mass is 32.2. The molecule has 21 heavy (non-hydrogen) atoms. The zero-order valence-electron chi connectivity index (χ0n) is 11.4. The summed E-state index contributed by atoms with van der Waals surface area (Å²) in [7, 11) is -3.38. The van der Waals surface area contributed by atoms with Gasteiger partial charge < -0.3 is 5.32 Å². The first-order valence-electron chi connectivity index (χ1n) is 5.92. The maximum atomic E-state index is 12.1. The summed E-state index contributed by atoms with van der Waals surface area (Å²) >= 11 is 0. The molecule has 0 aliphatic rings. The maximum absolute atomic E-state index is 12.1. The smallest absolute Gasteiger partial charge is 0.345 e. The van der Waals surface area contributed by atoms with Crippen molar-refractivity contribution in [3.05, 3.63) is 29.8 Å². The highest BCUT2D eigenvalue weighted by molar-refractivity contribution is 7.92. The Hall–Kier alpha value is -1.77. The average molecular weight is 324 g/mol. The maximum Gasteiger partial charge on any atom is 0.471 e. The van der Waals surface area contributed by atoms with Crippen LogP contribution in [0.2, 0.25) is 0 Å². The van der Waals surface area contributed by atoms with E-state index in [1.807, 2.05) is 5.32 Å². The van der Waals surface area contributed by atoms with Crippen molar-refractivity contribution in [2.24, 2.45) is 0 Å². The van der Waals surface area contributed by atoms with E-state index in [2.05, 4.69) is 4.72 Å². The SMILES string of the molecule is C[C@H](Cc1ccc(NS(C)(=O)=O)cc1)NC(=O)C(F)(F)F. The lowest BCUT2D eigenvalue weighted by Gasteiger charge is -2.15. The lowest BCUT2D eigenvalue weighted by Crippen LogP contribution is -2.42. The lowest BCUT2D eigenvalue weighted by atomic mass is 10.1. The van der Waals surface area contributed by atoms with Gasteiger partial charge in [-0.25, -0.2) is 8.42 Å². The topological polar surface area (TPSA) is 75.3 Å². The normalized spacial score (nSPS) is 13.6. The van der Waals surface area contributed by atoms with Gasteiger partial charge in [0.1, 0.15) is 0 Å². The fourth-order valence-electron chi connectivity index (χ4n) is 1.63. The quantitative estimate of drug-likeness (QED) is 0.865. The molecule has 0 aromatic heterocycles. The van der Waals surface area contributed by atoms with Crippen molar-refractivity contribution in [1.82, 2.24) is 5.32 Å². The number of alkyl halides is 3. The Morgan fingerprint density at radius 2 is 1.76 bits per heavy atom. The zero-order chi connectivity index (χ0) is 16.3. The molecule has 0 saturated heterocycles. The third-order valence-corrected chi connectivity index (χ3v) is 3.04. The molecule has 0 bridgehead atoms. The number of benzene rings is 1. The molecule has 0 saturated carbocycles. The molecule has 0 unspecified atom stereocenters. The number of sulfonamides is 1. The second-order valence-corrected chi connectivity index (χ2v) is 6.40. The van der Waals surface area contributed by atoms with E-state index in [4.69, 9.17) is 0 Å². The molecule has 1 aromatic carbocycles. The molecular formula is C12H15F3N2O3S. The molecule has 118 valence electrons. The summed E-state index contributed by atoms with van der Waals surface area (Å²) in [5.41, 5.74) is 1.03. The van der Waals surface area contributed by atoms with Crippen LogP contribution < -0.4 is 10.0 Å². The number of carbonyl (C=O) groups is 1. The van der Waals surface area contributed by atoms with Crippen LogP contribution in [0.5, 0.6) is 0 Å². The third kappa shape index (κ3) is 6.48. The Kier molecular flexibility index (Phi) is 5.21. The fraction of sp³-hybridized carbons (Fsp3) is 0.417. The van der Waals surface area contributed by atoms with Crippen LogP contribution in [0.1, 0.15) is 12.5 Å². The predicted molar refractivity (Wildman–Crippen MR) is 72.3 cm³/mol. The summed E-state index contributed by atoms with van der Waals surface area (Å²) in [6, 6.07) is 5.43. The van der Waals surface area contributed by atoms with Gasteiger partial charge in [0.2, 0.25) is 10.0 Å². The number of rotatable bonds is 5. The van der Waals surface area contributed by atoms with E-state index in [0.717, 1.165) is 6.26 Å². The second kappa shape index (κ2) is 6.33. The molecular weight excluding hydrogens is 309 g/mol. The Labute approximate surface area is 120 Å². The molecule has 9 heteroatoms. The van der Waals surface area contributed by atoms with E-state index in [1.54, 1.807) is 12.1 Å². The number of anilines is 1. The minimum absolute atomic E-state index is 0.195. The first-order chi connectivity index (χ1) is 9.47. The Bertz CT molecular complexity index is 597. The zero-order valence-corrected chi connectivity index (χ0v) is 12.2. The van der Waals surface area contributed by atoms with Crippen molar-refractivity contribution in [1.29, 1.82) is 0 Å². The summed E-state index contributed by atoms with van der Waals surface area (Å²) in [6.07, 6.45) is -3.70. The van der Waals surface area contributed by atoms with Gasteiger partial charge in [-0.1, -0.05) is 12.1 Å². The van der Waals surface area contributed by atoms with Crippen LogP contribution in [0.4, 0.5) is 18.9 Å². The number of nitrogens with one attached hydrogen (secondary N) is 2. The van der Waals surface area contributed by atoms with Crippen molar-refractivity contribution < 1.29 is 26.4 Å². The van der Waals surface area contributed by atoms with Crippen LogP contribution in [0, 0.1) is 0 Å². The summed E-state index contributed by atoms with van der Waals surface area (Å²) in [5, 5.41) is 1.85. The van der Waals surface area contributed by atoms with Gasteiger partial charge in [0.25, 0.3) is 0 Å². The molecule has 0 spiro atoms. The van der Waals surface area contributed by atoms with Gasteiger partial charge in [0.15, 0.2) is 0 Å². The molecule has 0 heterocycles. The minimum Gasteiger partial charge on any atom is -0.345 e. The number of halogens is 3. The summed E-state index contributed by atoms with van der Waals surface area (Å²) in [4.78, 5) is 10.8. The van der Waals surface area contributed by atoms with Crippen LogP contribution in [-0.4, -0.2) is 32.8 Å². The van der Waals surface area contributed by atoms with Crippen LogP contribution in [0.15, 0.2) is 24.3 Å². The van der Waals surface area contributed by atoms with Crippen LogP contribution in [0.3, 0.4) is 0 Å². The molecule has 0 aliphatic carbocycles. The molecule has 0 aliphatic heterocycles. The predicted octanol–water partition coefficient (Wildman–Crippen LogP) is 1.67. The van der Waals surface area contributed by atoms with Crippen molar-refractivity contribution in [3.8, 4) is 0 Å². The first-order valence-corrected chi connectivity index (χ1v) is 7.81. The Morgan fingerprint density at radius 1 is 1.24 bits per heavy atom. The largest absolute Gasteiger partial charge is 0.471 e. The van der Waals surface area contributed by atoms with Gasteiger partial charge in [-0.15, -0.1) is 0 Å². The summed E-state index contributed by atoms with van der Waals surface area (Å²) in [6.45, 7) is 1.45. The highest BCUT2D eigenvalue weighted by Crippen LogP contribution is 2.16. The van der Waals surface area contributed by atoms with Crippen molar-refractivity contribution >= 4 is 21.6 Å². The standard InChI is InChI=1S/C12H15F3N2O3S/c1-8(16-11(18)12(13,14)15)7-9-3-5-10(6-4-9)17-21(2,19)20/h3-6,8,17H,7H2,1-2H3,(H,16,18)/t8-/m1/s1. The Balaban J connectivity index is 2.62. The van der Waals surface area contributed by atoms with Gasteiger partial charge in [0, 0.05) is 11.7 Å². The Morgan fingerprint density at radius 3 is 2.19 bits per heavy atom. The molecule has 1 amide bonds. The van der Waals surface area contributed by atoms with Crippen molar-refractivity contribution in [3.63, 3.8) is 0 Å². The highest BCUT2D eigenvalue weighted by Gasteiger charge is 2.39. The van der Waals surface area contributed by atoms with Gasteiger partial charge >= 0.3 is 12.1 Å². The monoisotopic (exact) mass is 324 g/mol. The van der Waals surface area contributed by atoms with Crippen LogP contribution >= 0.6 is 0 Å². The first kappa shape index (κ1) is 17.3. The van der Waals surface area contributed by atoms with E-state index in [9.17, 15) is 26.4 Å². The van der Waals surface area contributed by atoms with Gasteiger partial charge in [-0.3, -0.25) is 9.52 Å². The summed E-state index contributed by atoms with van der Waals surface area (Å²) in [5.74, 6) is -1.98. The van der Waals surface area contributed by atoms with Gasteiger partial charge in [-0.2, -0.15) is 13.2 Å². The number of carbonyl (C=O) groups excluding carboxylic acids is 1. The molecule has 1 rings (SSSR count). The van der Waals surface area contributed by atoms with Gasteiger partial charge in [0.05, 0.1) is 6.26 Å². The molecule has 0 radical (unpaired) electrons. The molecule has 1 atom stereocenters. The van der Waals surface area contributed by atoms with Crippen molar-refractivity contribution in [2.75, 3.05) is 11.0 Å². The number of amides is 1. The van der Waals surface area contributed by atoms with E-state index in [1.165, 1.54) is 19.1 Å².